The first-order valence-electron chi connectivity index (χ1n) is 8.25. The Morgan fingerprint density at radius 2 is 1.38 bits per heavy atom. The number of carboxylic acid groups (broad SMARTS) is 1. The van der Waals surface area contributed by atoms with E-state index in [4.69, 9.17) is 5.11 Å². The van der Waals surface area contributed by atoms with Crippen molar-refractivity contribution in [2.24, 2.45) is 0 Å². The Balaban J connectivity index is 3.30. The molecule has 0 aliphatic carbocycles. The first-order chi connectivity index (χ1) is 10.2. The summed E-state index contributed by atoms with van der Waals surface area (Å²) in [6, 6.07) is 0. The Morgan fingerprint density at radius 3 is 1.95 bits per heavy atom. The average molecular weight is 294 g/mol. The predicted molar refractivity (Wildman–Crippen MR) is 87.4 cm³/mol. The summed E-state index contributed by atoms with van der Waals surface area (Å²) in [5.41, 5.74) is 0. The van der Waals surface area contributed by atoms with Gasteiger partial charge in [0.1, 0.15) is 0 Å². The molecule has 0 aromatic carbocycles. The molecule has 0 fully saturated rings. The summed E-state index contributed by atoms with van der Waals surface area (Å²) in [6.07, 6.45) is 18.9. The molecule has 0 heterocycles. The topological polar surface area (TPSA) is 54.4 Å². The third kappa shape index (κ3) is 16.6. The fraction of sp³-hybridized carbons (Fsp3) is 0.667. The molecule has 0 spiro atoms. The van der Waals surface area contributed by atoms with Gasteiger partial charge in [-0.05, 0) is 38.2 Å². The quantitative estimate of drug-likeness (QED) is 0.277. The van der Waals surface area contributed by atoms with Crippen LogP contribution in [0.1, 0.15) is 77.6 Å². The maximum absolute atomic E-state index is 11.3. The SMILES string of the molecule is CCCCCCC=CCCCCCCC(=O)C=CC(=O)O. The van der Waals surface area contributed by atoms with Crippen LogP contribution in [-0.2, 0) is 9.59 Å². The van der Waals surface area contributed by atoms with E-state index in [1.54, 1.807) is 0 Å². The van der Waals surface area contributed by atoms with E-state index in [0.29, 0.717) is 6.42 Å². The summed E-state index contributed by atoms with van der Waals surface area (Å²) in [5, 5.41) is 8.39. The number of rotatable bonds is 14. The molecule has 120 valence electrons. The average Bonchev–Trinajstić information content (AvgIpc) is 2.46. The van der Waals surface area contributed by atoms with Crippen LogP contribution in [0, 0.1) is 0 Å². The molecular formula is C18H30O3. The summed E-state index contributed by atoms with van der Waals surface area (Å²) >= 11 is 0. The Hall–Kier alpha value is -1.38. The number of hydrogen-bond donors (Lipinski definition) is 1. The largest absolute Gasteiger partial charge is 0.478 e. The van der Waals surface area contributed by atoms with E-state index in [-0.39, 0.29) is 5.78 Å². The molecule has 0 saturated carbocycles. The third-order valence-corrected chi connectivity index (χ3v) is 3.35. The molecule has 0 aliphatic heterocycles. The van der Waals surface area contributed by atoms with Crippen LogP contribution < -0.4 is 0 Å². The Bertz CT molecular complexity index is 329. The zero-order valence-electron chi connectivity index (χ0n) is 13.4. The minimum atomic E-state index is -1.06. The molecule has 3 heteroatoms. The minimum absolute atomic E-state index is 0.0932. The van der Waals surface area contributed by atoms with Crippen LogP contribution in [0.5, 0.6) is 0 Å². The number of ketones is 1. The lowest BCUT2D eigenvalue weighted by molar-refractivity contribution is -0.131. The van der Waals surface area contributed by atoms with E-state index in [2.05, 4.69) is 19.1 Å². The molecule has 0 saturated heterocycles. The summed E-state index contributed by atoms with van der Waals surface area (Å²) in [6.45, 7) is 2.23. The Kier molecular flexibility index (Phi) is 14.0. The lowest BCUT2D eigenvalue weighted by Crippen LogP contribution is -1.95. The molecule has 0 bridgehead atoms. The van der Waals surface area contributed by atoms with Crippen LogP contribution in [0.3, 0.4) is 0 Å². The highest BCUT2D eigenvalue weighted by Crippen LogP contribution is 2.08. The molecule has 0 aliphatic rings. The molecule has 0 aromatic heterocycles. The molecule has 21 heavy (non-hydrogen) atoms. The van der Waals surface area contributed by atoms with Gasteiger partial charge in [-0.2, -0.15) is 0 Å². The van der Waals surface area contributed by atoms with Gasteiger partial charge in [-0.1, -0.05) is 51.2 Å². The van der Waals surface area contributed by atoms with Gasteiger partial charge < -0.3 is 5.11 Å². The molecule has 0 radical (unpaired) electrons. The predicted octanol–water partition coefficient (Wildman–Crippen LogP) is 5.06. The summed E-state index contributed by atoms with van der Waals surface area (Å²) in [7, 11) is 0. The van der Waals surface area contributed by atoms with Crippen LogP contribution in [0.15, 0.2) is 24.3 Å². The molecule has 0 rings (SSSR count). The van der Waals surface area contributed by atoms with E-state index in [1.807, 2.05) is 0 Å². The molecule has 0 unspecified atom stereocenters. The van der Waals surface area contributed by atoms with Crippen molar-refractivity contribution in [3.8, 4) is 0 Å². The third-order valence-electron chi connectivity index (χ3n) is 3.35. The van der Waals surface area contributed by atoms with Crippen LogP contribution in [0.2, 0.25) is 0 Å². The summed E-state index contributed by atoms with van der Waals surface area (Å²) in [4.78, 5) is 21.5. The number of hydrogen-bond acceptors (Lipinski definition) is 2. The zero-order chi connectivity index (χ0) is 15.8. The van der Waals surface area contributed by atoms with Gasteiger partial charge in [0.05, 0.1) is 0 Å². The number of carbonyl (C=O) groups excluding carboxylic acids is 1. The van der Waals surface area contributed by atoms with Gasteiger partial charge in [0.2, 0.25) is 0 Å². The second kappa shape index (κ2) is 15.0. The van der Waals surface area contributed by atoms with E-state index >= 15 is 0 Å². The van der Waals surface area contributed by atoms with Gasteiger partial charge in [0.15, 0.2) is 5.78 Å². The highest BCUT2D eigenvalue weighted by molar-refractivity contribution is 5.95. The number of carboxylic acids is 1. The second-order valence-corrected chi connectivity index (χ2v) is 5.41. The lowest BCUT2D eigenvalue weighted by atomic mass is 10.1. The smallest absolute Gasteiger partial charge is 0.328 e. The fourth-order valence-electron chi connectivity index (χ4n) is 2.09. The highest BCUT2D eigenvalue weighted by atomic mass is 16.4. The molecule has 1 N–H and O–H groups in total. The van der Waals surface area contributed by atoms with E-state index < -0.39 is 5.97 Å². The normalized spacial score (nSPS) is 11.5. The van der Waals surface area contributed by atoms with E-state index in [1.165, 1.54) is 38.5 Å². The molecule has 0 amide bonds. The van der Waals surface area contributed by atoms with Crippen LogP contribution in [0.25, 0.3) is 0 Å². The van der Waals surface area contributed by atoms with Crippen molar-refractivity contribution in [3.05, 3.63) is 24.3 Å². The van der Waals surface area contributed by atoms with E-state index in [0.717, 1.165) is 37.8 Å². The summed E-state index contributed by atoms with van der Waals surface area (Å²) in [5.74, 6) is -1.16. The van der Waals surface area contributed by atoms with Crippen molar-refractivity contribution in [2.75, 3.05) is 0 Å². The first kappa shape index (κ1) is 19.6. The summed E-state index contributed by atoms with van der Waals surface area (Å²) < 4.78 is 0. The van der Waals surface area contributed by atoms with Gasteiger partial charge in [-0.3, -0.25) is 4.79 Å². The van der Waals surface area contributed by atoms with Crippen molar-refractivity contribution in [3.63, 3.8) is 0 Å². The fourth-order valence-corrected chi connectivity index (χ4v) is 2.09. The van der Waals surface area contributed by atoms with Crippen LogP contribution in [-0.4, -0.2) is 16.9 Å². The number of aliphatic carboxylic acids is 1. The Labute approximate surface area is 129 Å². The minimum Gasteiger partial charge on any atom is -0.478 e. The highest BCUT2D eigenvalue weighted by Gasteiger charge is 1.98. The van der Waals surface area contributed by atoms with Crippen LogP contribution in [0.4, 0.5) is 0 Å². The first-order valence-corrected chi connectivity index (χ1v) is 8.25. The van der Waals surface area contributed by atoms with Crippen molar-refractivity contribution < 1.29 is 14.7 Å². The van der Waals surface area contributed by atoms with Gasteiger partial charge in [-0.15, -0.1) is 0 Å². The number of unbranched alkanes of at least 4 members (excludes halogenated alkanes) is 8. The van der Waals surface area contributed by atoms with Crippen molar-refractivity contribution in [1.29, 1.82) is 0 Å². The zero-order valence-corrected chi connectivity index (χ0v) is 13.4. The van der Waals surface area contributed by atoms with Crippen molar-refractivity contribution in [2.45, 2.75) is 77.6 Å². The molecule has 0 atom stereocenters. The van der Waals surface area contributed by atoms with Gasteiger partial charge in [-0.25, -0.2) is 4.79 Å². The molecule has 3 nitrogen and oxygen atoms in total. The van der Waals surface area contributed by atoms with Gasteiger partial charge >= 0.3 is 5.97 Å². The standard InChI is InChI=1S/C18H30O3/c1-2-3-4-5-6-7-8-9-10-11-12-13-14-17(19)15-16-18(20)21/h7-8,15-16H,2-6,9-14H2,1H3,(H,20,21). The number of allylic oxidation sites excluding steroid dienone is 3. The van der Waals surface area contributed by atoms with Gasteiger partial charge in [0, 0.05) is 12.5 Å². The van der Waals surface area contributed by atoms with Crippen molar-refractivity contribution >= 4 is 11.8 Å². The number of carbonyl (C=O) groups is 2. The monoisotopic (exact) mass is 294 g/mol. The maximum atomic E-state index is 11.3. The second-order valence-electron chi connectivity index (χ2n) is 5.41. The lowest BCUT2D eigenvalue weighted by Gasteiger charge is -1.98. The molecule has 0 aromatic rings. The Morgan fingerprint density at radius 1 is 0.810 bits per heavy atom. The maximum Gasteiger partial charge on any atom is 0.328 e. The van der Waals surface area contributed by atoms with Crippen LogP contribution >= 0.6 is 0 Å². The molecular weight excluding hydrogens is 264 g/mol. The van der Waals surface area contributed by atoms with Crippen molar-refractivity contribution in [1.82, 2.24) is 0 Å². The van der Waals surface area contributed by atoms with E-state index in [9.17, 15) is 9.59 Å². The van der Waals surface area contributed by atoms with Gasteiger partial charge in [0.25, 0.3) is 0 Å².